The van der Waals surface area contributed by atoms with E-state index in [9.17, 15) is 4.79 Å². The molecule has 2 heterocycles. The Morgan fingerprint density at radius 1 is 1.29 bits per heavy atom. The smallest absolute Gasteiger partial charge is 0.266 e. The third-order valence-corrected chi connectivity index (χ3v) is 7.74. The molecule has 0 N–H and O–H groups in total. The van der Waals surface area contributed by atoms with Crippen LogP contribution in [0, 0.1) is 3.57 Å². The molecule has 2 fully saturated rings. The molecule has 2 aromatic rings. The highest BCUT2D eigenvalue weighted by atomic mass is 127. The van der Waals surface area contributed by atoms with Crippen molar-refractivity contribution in [3.63, 3.8) is 0 Å². The van der Waals surface area contributed by atoms with Crippen molar-refractivity contribution in [1.82, 2.24) is 4.90 Å². The summed E-state index contributed by atoms with van der Waals surface area (Å²) < 4.78 is 13.1. The van der Waals surface area contributed by atoms with Gasteiger partial charge in [-0.3, -0.25) is 9.69 Å². The molecule has 4 rings (SSSR count). The first kappa shape index (κ1) is 23.3. The standard InChI is InChI=1S/C22H18Cl2INO3S2/c23-15-5-4-14(17(24)10-15)12-29-19-6-3-13(8-18(19)25)9-20-21(27)26(22(30)31-20)11-16-2-1-7-28-16/h3-6,8-10,16H,1-2,7,11-12H2/b20-9-/t16-/m0/s1. The number of carbonyl (C=O) groups excluding carboxylic acids is 1. The van der Waals surface area contributed by atoms with E-state index in [-0.39, 0.29) is 12.0 Å². The Bertz CT molecular complexity index is 1060. The van der Waals surface area contributed by atoms with Gasteiger partial charge in [0.1, 0.15) is 16.7 Å². The molecule has 0 aromatic heterocycles. The van der Waals surface area contributed by atoms with Crippen LogP contribution >= 0.6 is 69.8 Å². The minimum absolute atomic E-state index is 0.0572. The van der Waals surface area contributed by atoms with Crippen molar-refractivity contribution in [2.24, 2.45) is 0 Å². The maximum Gasteiger partial charge on any atom is 0.266 e. The molecule has 2 aromatic carbocycles. The van der Waals surface area contributed by atoms with Crippen LogP contribution in [0.3, 0.4) is 0 Å². The van der Waals surface area contributed by atoms with Gasteiger partial charge in [0.25, 0.3) is 5.91 Å². The van der Waals surface area contributed by atoms with Gasteiger partial charge in [0.2, 0.25) is 0 Å². The molecular formula is C22H18Cl2INO3S2. The number of amides is 1. The lowest BCUT2D eigenvalue weighted by atomic mass is 10.2. The van der Waals surface area contributed by atoms with Crippen molar-refractivity contribution in [3.05, 3.63) is 66.0 Å². The van der Waals surface area contributed by atoms with E-state index in [0.717, 1.165) is 39.9 Å². The first-order valence-corrected chi connectivity index (χ1v) is 12.7. The summed E-state index contributed by atoms with van der Waals surface area (Å²) in [6, 6.07) is 11.1. The molecule has 0 radical (unpaired) electrons. The van der Waals surface area contributed by atoms with Crippen LogP contribution in [0.1, 0.15) is 24.0 Å². The molecule has 2 aliphatic heterocycles. The normalized spacial score (nSPS) is 20.2. The van der Waals surface area contributed by atoms with Gasteiger partial charge in [0, 0.05) is 22.2 Å². The molecule has 162 valence electrons. The number of halogens is 3. The highest BCUT2D eigenvalue weighted by Gasteiger charge is 2.34. The van der Waals surface area contributed by atoms with Gasteiger partial charge in [-0.2, -0.15) is 0 Å². The van der Waals surface area contributed by atoms with E-state index >= 15 is 0 Å². The molecule has 0 saturated carbocycles. The van der Waals surface area contributed by atoms with Crippen LogP contribution in [-0.2, 0) is 16.1 Å². The SMILES string of the molecule is O=C1/C(=C/c2ccc(OCc3ccc(Cl)cc3Cl)c(I)c2)SC(=S)N1C[C@@H]1CCCO1. The van der Waals surface area contributed by atoms with Gasteiger partial charge >= 0.3 is 0 Å². The number of nitrogens with zero attached hydrogens (tertiary/aromatic N) is 1. The maximum atomic E-state index is 12.8. The van der Waals surface area contributed by atoms with E-state index < -0.39 is 0 Å². The van der Waals surface area contributed by atoms with E-state index in [0.29, 0.717) is 32.4 Å². The Balaban J connectivity index is 1.43. The van der Waals surface area contributed by atoms with E-state index in [2.05, 4.69) is 22.6 Å². The average molecular weight is 606 g/mol. The van der Waals surface area contributed by atoms with Crippen LogP contribution in [-0.4, -0.2) is 34.4 Å². The zero-order chi connectivity index (χ0) is 22.0. The van der Waals surface area contributed by atoms with Crippen LogP contribution in [0.5, 0.6) is 5.75 Å². The lowest BCUT2D eigenvalue weighted by molar-refractivity contribution is -0.123. The molecule has 2 aliphatic rings. The molecule has 2 saturated heterocycles. The Morgan fingerprint density at radius 3 is 2.84 bits per heavy atom. The Hall–Kier alpha value is -0.840. The fraction of sp³-hybridized carbons (Fsp3) is 0.273. The minimum Gasteiger partial charge on any atom is -0.488 e. The first-order chi connectivity index (χ1) is 14.9. The fourth-order valence-electron chi connectivity index (χ4n) is 3.32. The first-order valence-electron chi connectivity index (χ1n) is 9.64. The van der Waals surface area contributed by atoms with E-state index in [4.69, 9.17) is 44.9 Å². The van der Waals surface area contributed by atoms with Gasteiger partial charge < -0.3 is 9.47 Å². The van der Waals surface area contributed by atoms with Gasteiger partial charge in [-0.25, -0.2) is 0 Å². The molecular weight excluding hydrogens is 588 g/mol. The lowest BCUT2D eigenvalue weighted by Gasteiger charge is -2.18. The van der Waals surface area contributed by atoms with Crippen molar-refractivity contribution >= 4 is 86.1 Å². The second-order valence-electron chi connectivity index (χ2n) is 7.14. The third kappa shape index (κ3) is 5.75. The summed E-state index contributed by atoms with van der Waals surface area (Å²) in [7, 11) is 0. The van der Waals surface area contributed by atoms with Gasteiger partial charge in [-0.1, -0.05) is 59.3 Å². The van der Waals surface area contributed by atoms with Crippen LogP contribution in [0.25, 0.3) is 6.08 Å². The molecule has 0 aliphatic carbocycles. The monoisotopic (exact) mass is 605 g/mol. The summed E-state index contributed by atoms with van der Waals surface area (Å²) in [5, 5.41) is 1.16. The molecule has 31 heavy (non-hydrogen) atoms. The quantitative estimate of drug-likeness (QED) is 0.212. The Morgan fingerprint density at radius 2 is 2.13 bits per heavy atom. The Kier molecular flexibility index (Phi) is 7.82. The summed E-state index contributed by atoms with van der Waals surface area (Å²) in [6.07, 6.45) is 3.95. The van der Waals surface area contributed by atoms with Crippen LogP contribution in [0.2, 0.25) is 10.0 Å². The topological polar surface area (TPSA) is 38.8 Å². The molecule has 1 amide bonds. The van der Waals surface area contributed by atoms with E-state index in [1.165, 1.54) is 11.8 Å². The van der Waals surface area contributed by atoms with Crippen LogP contribution < -0.4 is 4.74 Å². The van der Waals surface area contributed by atoms with E-state index in [1.54, 1.807) is 17.0 Å². The summed E-state index contributed by atoms with van der Waals surface area (Å²) in [4.78, 5) is 15.1. The predicted octanol–water partition coefficient (Wildman–Crippen LogP) is 6.56. The highest BCUT2D eigenvalue weighted by Crippen LogP contribution is 2.34. The number of thioether (sulfide) groups is 1. The predicted molar refractivity (Wildman–Crippen MR) is 139 cm³/mol. The Labute approximate surface area is 214 Å². The van der Waals surface area contributed by atoms with Crippen LogP contribution in [0.4, 0.5) is 0 Å². The van der Waals surface area contributed by atoms with Gasteiger partial charge in [0.05, 0.1) is 21.1 Å². The number of thiocarbonyl (C=S) groups is 1. The van der Waals surface area contributed by atoms with Crippen molar-refractivity contribution in [2.45, 2.75) is 25.6 Å². The summed E-state index contributed by atoms with van der Waals surface area (Å²) in [5.74, 6) is 0.688. The second kappa shape index (κ2) is 10.4. The highest BCUT2D eigenvalue weighted by molar-refractivity contribution is 14.1. The second-order valence-corrected chi connectivity index (χ2v) is 10.8. The number of benzene rings is 2. The van der Waals surface area contributed by atoms with Crippen molar-refractivity contribution in [2.75, 3.05) is 13.2 Å². The molecule has 9 heteroatoms. The number of carbonyl (C=O) groups is 1. The minimum atomic E-state index is -0.0572. The zero-order valence-corrected chi connectivity index (χ0v) is 21.6. The zero-order valence-electron chi connectivity index (χ0n) is 16.3. The molecule has 0 unspecified atom stereocenters. The molecule has 1 atom stereocenters. The fourth-order valence-corrected chi connectivity index (χ4v) is 5.75. The average Bonchev–Trinajstić information content (AvgIpc) is 3.33. The third-order valence-electron chi connectivity index (χ3n) is 4.94. The number of hydrogen-bond donors (Lipinski definition) is 0. The molecule has 4 nitrogen and oxygen atoms in total. The number of rotatable bonds is 6. The maximum absolute atomic E-state index is 12.8. The van der Waals surface area contributed by atoms with Crippen molar-refractivity contribution in [1.29, 1.82) is 0 Å². The molecule has 0 bridgehead atoms. The van der Waals surface area contributed by atoms with Gasteiger partial charge in [-0.05, 0) is 71.3 Å². The number of ether oxygens (including phenoxy) is 2. The number of hydrogen-bond acceptors (Lipinski definition) is 5. The molecule has 0 spiro atoms. The summed E-state index contributed by atoms with van der Waals surface area (Å²) >= 11 is 21.1. The largest absolute Gasteiger partial charge is 0.488 e. The van der Waals surface area contributed by atoms with Crippen molar-refractivity contribution < 1.29 is 14.3 Å². The van der Waals surface area contributed by atoms with E-state index in [1.807, 2.05) is 30.3 Å². The van der Waals surface area contributed by atoms with Gasteiger partial charge in [-0.15, -0.1) is 0 Å². The van der Waals surface area contributed by atoms with Gasteiger partial charge in [0.15, 0.2) is 0 Å². The summed E-state index contributed by atoms with van der Waals surface area (Å²) in [6.45, 7) is 1.62. The van der Waals surface area contributed by atoms with Crippen molar-refractivity contribution in [3.8, 4) is 5.75 Å². The summed E-state index contributed by atoms with van der Waals surface area (Å²) in [5.41, 5.74) is 1.78. The lowest BCUT2D eigenvalue weighted by Crippen LogP contribution is -2.35. The van der Waals surface area contributed by atoms with Crippen LogP contribution in [0.15, 0.2) is 41.3 Å².